The van der Waals surface area contributed by atoms with E-state index >= 15 is 0 Å². The first kappa shape index (κ1) is 18.9. The number of benzene rings is 3. The summed E-state index contributed by atoms with van der Waals surface area (Å²) in [6.07, 6.45) is 0. The minimum Gasteiger partial charge on any atom is -0.332 e. The molecular weight excluding hydrogens is 378 g/mol. The zero-order valence-electron chi connectivity index (χ0n) is 14.6. The molecule has 0 amide bonds. The Balaban J connectivity index is 1.67. The van der Waals surface area contributed by atoms with E-state index in [9.17, 15) is 8.42 Å². The molecule has 5 nitrogen and oxygen atoms in total. The molecule has 3 aromatic rings. The number of anilines is 3. The number of hydrogen-bond donors (Lipinski definition) is 3. The lowest BCUT2D eigenvalue weighted by Gasteiger charge is -2.12. The first-order valence-electron chi connectivity index (χ1n) is 8.26. The highest BCUT2D eigenvalue weighted by Gasteiger charge is 2.15. The molecule has 3 rings (SSSR count). The van der Waals surface area contributed by atoms with E-state index in [0.29, 0.717) is 16.5 Å². The van der Waals surface area contributed by atoms with Gasteiger partial charge in [0.25, 0.3) is 10.0 Å². The zero-order valence-corrected chi connectivity index (χ0v) is 16.3. The van der Waals surface area contributed by atoms with Crippen LogP contribution in [0.4, 0.5) is 17.1 Å². The lowest BCUT2D eigenvalue weighted by molar-refractivity contribution is 0.601. The van der Waals surface area contributed by atoms with Crippen LogP contribution in [-0.2, 0) is 10.0 Å². The van der Waals surface area contributed by atoms with Gasteiger partial charge in [0.05, 0.1) is 10.6 Å². The van der Waals surface area contributed by atoms with Gasteiger partial charge in [-0.05, 0) is 67.2 Å². The van der Waals surface area contributed by atoms with E-state index in [2.05, 4.69) is 15.4 Å². The van der Waals surface area contributed by atoms with Crippen LogP contribution in [0, 0.1) is 6.92 Å². The summed E-state index contributed by atoms with van der Waals surface area (Å²) < 4.78 is 27.7. The highest BCUT2D eigenvalue weighted by atomic mass is 32.2. The van der Waals surface area contributed by atoms with Crippen molar-refractivity contribution in [3.8, 4) is 0 Å². The average Bonchev–Trinajstić information content (AvgIpc) is 2.65. The third-order valence-electron chi connectivity index (χ3n) is 3.84. The Bertz CT molecular complexity index is 1030. The van der Waals surface area contributed by atoms with E-state index in [4.69, 9.17) is 12.2 Å². The van der Waals surface area contributed by atoms with Crippen molar-refractivity contribution in [2.75, 3.05) is 15.4 Å². The standard InChI is InChI=1S/C20H19N3O2S2/c1-15-7-5-6-10-19(15)23-27(24,25)18-13-11-17(12-14-18)22-20(26)21-16-8-3-2-4-9-16/h2-14,23H,1H3,(H2,21,22,26). The van der Waals surface area contributed by atoms with Gasteiger partial charge in [-0.25, -0.2) is 8.42 Å². The van der Waals surface area contributed by atoms with Crippen LogP contribution in [0.1, 0.15) is 5.56 Å². The molecule has 0 bridgehead atoms. The van der Waals surface area contributed by atoms with E-state index in [1.807, 2.05) is 49.4 Å². The maximum atomic E-state index is 12.6. The molecule has 0 saturated carbocycles. The summed E-state index contributed by atoms with van der Waals surface area (Å²) in [4.78, 5) is 0.179. The third kappa shape index (κ3) is 5.06. The fraction of sp³-hybridized carbons (Fsp3) is 0.0500. The number of para-hydroxylation sites is 2. The smallest absolute Gasteiger partial charge is 0.261 e. The Labute approximate surface area is 164 Å². The molecule has 0 radical (unpaired) electrons. The molecular formula is C20H19N3O2S2. The number of rotatable bonds is 5. The second kappa shape index (κ2) is 8.20. The number of aryl methyl sites for hydroxylation is 1. The van der Waals surface area contributed by atoms with Crippen molar-refractivity contribution in [2.45, 2.75) is 11.8 Å². The molecule has 138 valence electrons. The summed E-state index contributed by atoms with van der Waals surface area (Å²) in [6, 6.07) is 23.2. The van der Waals surface area contributed by atoms with E-state index in [1.165, 1.54) is 12.1 Å². The average molecular weight is 398 g/mol. The van der Waals surface area contributed by atoms with Gasteiger partial charge in [-0.2, -0.15) is 0 Å². The molecule has 0 unspecified atom stereocenters. The van der Waals surface area contributed by atoms with Gasteiger partial charge in [0.1, 0.15) is 0 Å². The number of nitrogens with one attached hydrogen (secondary N) is 3. The second-order valence-corrected chi connectivity index (χ2v) is 7.98. The van der Waals surface area contributed by atoms with Crippen molar-refractivity contribution < 1.29 is 8.42 Å². The molecule has 27 heavy (non-hydrogen) atoms. The fourth-order valence-corrected chi connectivity index (χ4v) is 3.79. The molecule has 0 heterocycles. The molecule has 0 aliphatic carbocycles. The molecule has 3 aromatic carbocycles. The van der Waals surface area contributed by atoms with Crippen LogP contribution in [-0.4, -0.2) is 13.5 Å². The predicted molar refractivity (Wildman–Crippen MR) is 115 cm³/mol. The van der Waals surface area contributed by atoms with Crippen LogP contribution in [0.5, 0.6) is 0 Å². The molecule has 0 atom stereocenters. The summed E-state index contributed by atoms with van der Waals surface area (Å²) in [6.45, 7) is 1.85. The minimum atomic E-state index is -3.66. The van der Waals surface area contributed by atoms with E-state index < -0.39 is 10.0 Å². The van der Waals surface area contributed by atoms with Crippen LogP contribution < -0.4 is 15.4 Å². The van der Waals surface area contributed by atoms with E-state index in [-0.39, 0.29) is 4.90 Å². The largest absolute Gasteiger partial charge is 0.332 e. The molecule has 0 aliphatic heterocycles. The lowest BCUT2D eigenvalue weighted by atomic mass is 10.2. The van der Waals surface area contributed by atoms with Gasteiger partial charge >= 0.3 is 0 Å². The number of sulfonamides is 1. The first-order chi connectivity index (χ1) is 12.9. The monoisotopic (exact) mass is 397 g/mol. The van der Waals surface area contributed by atoms with Gasteiger partial charge in [-0.1, -0.05) is 36.4 Å². The minimum absolute atomic E-state index is 0.179. The Morgan fingerprint density at radius 1 is 0.778 bits per heavy atom. The molecule has 3 N–H and O–H groups in total. The van der Waals surface area contributed by atoms with Crippen LogP contribution in [0.25, 0.3) is 0 Å². The maximum absolute atomic E-state index is 12.6. The van der Waals surface area contributed by atoms with Gasteiger partial charge in [-0.3, -0.25) is 4.72 Å². The number of hydrogen-bond acceptors (Lipinski definition) is 3. The van der Waals surface area contributed by atoms with Gasteiger partial charge in [0.2, 0.25) is 0 Å². The SMILES string of the molecule is Cc1ccccc1NS(=O)(=O)c1ccc(NC(=S)Nc2ccccc2)cc1. The van der Waals surface area contributed by atoms with Crippen LogP contribution >= 0.6 is 12.2 Å². The van der Waals surface area contributed by atoms with Gasteiger partial charge in [-0.15, -0.1) is 0 Å². The normalized spacial score (nSPS) is 10.9. The molecule has 0 spiro atoms. The Hall–Kier alpha value is -2.90. The summed E-state index contributed by atoms with van der Waals surface area (Å²) in [7, 11) is -3.66. The summed E-state index contributed by atoms with van der Waals surface area (Å²) in [5, 5.41) is 6.52. The van der Waals surface area contributed by atoms with E-state index in [0.717, 1.165) is 11.3 Å². The predicted octanol–water partition coefficient (Wildman–Crippen LogP) is 4.60. The molecule has 0 aromatic heterocycles. The van der Waals surface area contributed by atoms with Gasteiger partial charge in [0, 0.05) is 11.4 Å². The second-order valence-electron chi connectivity index (χ2n) is 5.89. The summed E-state index contributed by atoms with van der Waals surface area (Å²) >= 11 is 5.27. The Kier molecular flexibility index (Phi) is 5.73. The van der Waals surface area contributed by atoms with Crippen molar-refractivity contribution in [2.24, 2.45) is 0 Å². The van der Waals surface area contributed by atoms with Crippen molar-refractivity contribution >= 4 is 44.4 Å². The molecule has 0 saturated heterocycles. The van der Waals surface area contributed by atoms with Crippen molar-refractivity contribution in [1.82, 2.24) is 0 Å². The zero-order chi connectivity index (χ0) is 19.3. The molecule has 0 fully saturated rings. The molecule has 7 heteroatoms. The Morgan fingerprint density at radius 2 is 1.33 bits per heavy atom. The van der Waals surface area contributed by atoms with Crippen LogP contribution in [0.2, 0.25) is 0 Å². The van der Waals surface area contributed by atoms with Crippen molar-refractivity contribution in [3.05, 3.63) is 84.4 Å². The quantitative estimate of drug-likeness (QED) is 0.549. The van der Waals surface area contributed by atoms with Crippen molar-refractivity contribution in [3.63, 3.8) is 0 Å². The van der Waals surface area contributed by atoms with E-state index in [1.54, 1.807) is 24.3 Å². The van der Waals surface area contributed by atoms with Crippen molar-refractivity contribution in [1.29, 1.82) is 0 Å². The van der Waals surface area contributed by atoms with Crippen LogP contribution in [0.15, 0.2) is 83.8 Å². The first-order valence-corrected chi connectivity index (χ1v) is 10.1. The summed E-state index contributed by atoms with van der Waals surface area (Å²) in [5.41, 5.74) is 2.99. The number of thiocarbonyl (C=S) groups is 1. The lowest BCUT2D eigenvalue weighted by Crippen LogP contribution is -2.19. The topological polar surface area (TPSA) is 70.2 Å². The highest BCUT2D eigenvalue weighted by Crippen LogP contribution is 2.20. The Morgan fingerprint density at radius 3 is 1.96 bits per heavy atom. The molecule has 0 aliphatic rings. The fourth-order valence-electron chi connectivity index (χ4n) is 2.42. The third-order valence-corrected chi connectivity index (χ3v) is 5.43. The highest BCUT2D eigenvalue weighted by molar-refractivity contribution is 7.92. The summed E-state index contributed by atoms with van der Waals surface area (Å²) in [5.74, 6) is 0. The maximum Gasteiger partial charge on any atom is 0.261 e. The van der Waals surface area contributed by atoms with Crippen LogP contribution in [0.3, 0.4) is 0 Å². The van der Waals surface area contributed by atoms with Gasteiger partial charge in [0.15, 0.2) is 5.11 Å². The van der Waals surface area contributed by atoms with Gasteiger partial charge < -0.3 is 10.6 Å².